The van der Waals surface area contributed by atoms with Gasteiger partial charge in [-0.25, -0.2) is 0 Å². The van der Waals surface area contributed by atoms with E-state index in [9.17, 15) is 0 Å². The minimum absolute atomic E-state index is 0. The van der Waals surface area contributed by atoms with Crippen LogP contribution in [0.5, 0.6) is 0 Å². The van der Waals surface area contributed by atoms with Gasteiger partial charge in [-0.2, -0.15) is 0 Å². The van der Waals surface area contributed by atoms with Crippen molar-refractivity contribution in [3.63, 3.8) is 0 Å². The molecule has 0 rings (SSSR count). The molecule has 0 heterocycles. The number of hydrogen-bond acceptors (Lipinski definition) is 4. The molecule has 100 valence electrons. The van der Waals surface area contributed by atoms with E-state index in [1.807, 2.05) is 26.0 Å². The Morgan fingerprint density at radius 2 is 1.00 bits per heavy atom. The first-order valence-corrected chi connectivity index (χ1v) is 4.52. The average Bonchev–Trinajstić information content (AvgIpc) is 2.08. The Morgan fingerprint density at radius 3 is 1.00 bits per heavy atom. The van der Waals surface area contributed by atoms with E-state index in [0.29, 0.717) is 0 Å². The maximum Gasteiger partial charge on any atom is 0.0351 e. The summed E-state index contributed by atoms with van der Waals surface area (Å²) in [5.41, 5.74) is 0. The largest absolute Gasteiger partial charge is 0.400 e. The van der Waals surface area contributed by atoms with Crippen LogP contribution in [0, 0.1) is 0 Å². The molecule has 0 radical (unpaired) electrons. The zero-order valence-corrected chi connectivity index (χ0v) is 11.5. The van der Waals surface area contributed by atoms with Crippen molar-refractivity contribution in [2.75, 3.05) is 63.1 Å². The number of rotatable bonds is 1. The normalized spacial score (nSPS) is 7.20. The van der Waals surface area contributed by atoms with Crippen LogP contribution in [0.2, 0.25) is 0 Å². The molecule has 0 aromatic rings. The van der Waals surface area contributed by atoms with E-state index in [0.717, 1.165) is 13.7 Å². The minimum atomic E-state index is 0. The first kappa shape index (κ1) is 29.4. The highest BCUT2D eigenvalue weighted by Crippen LogP contribution is 1.63. The van der Waals surface area contributed by atoms with Crippen LogP contribution >= 0.6 is 0 Å². The first-order chi connectivity index (χ1) is 6.42. The molecule has 15 heavy (non-hydrogen) atoms. The minimum Gasteiger partial charge on any atom is -0.400 e. The Labute approximate surface area is 97.8 Å². The fraction of sp³-hybridized carbons (Fsp3) is 1.00. The summed E-state index contributed by atoms with van der Waals surface area (Å²) in [6, 6.07) is 0. The summed E-state index contributed by atoms with van der Waals surface area (Å²) in [6.45, 7) is 3.26. The van der Waals surface area contributed by atoms with Crippen LogP contribution in [-0.4, -0.2) is 78.0 Å². The molecule has 0 fully saturated rings. The van der Waals surface area contributed by atoms with Gasteiger partial charge in [-0.1, -0.05) is 14.4 Å². The molecule has 0 aromatic carbocycles. The van der Waals surface area contributed by atoms with Gasteiger partial charge in [-0.15, -0.1) is 0 Å². The zero-order valence-electron chi connectivity index (χ0n) is 11.5. The molecule has 0 aromatic heterocycles. The third-order valence-electron chi connectivity index (χ3n) is 0.632. The maximum atomic E-state index is 7.00. The van der Waals surface area contributed by atoms with Gasteiger partial charge >= 0.3 is 0 Å². The number of aliphatic hydroxyl groups excluding tert-OH is 1. The van der Waals surface area contributed by atoms with Crippen molar-refractivity contribution in [2.45, 2.75) is 14.4 Å². The second-order valence-corrected chi connectivity index (χ2v) is 3.15. The highest BCUT2D eigenvalue weighted by atomic mass is 16.4. The van der Waals surface area contributed by atoms with Crippen molar-refractivity contribution in [1.82, 2.24) is 9.80 Å². The van der Waals surface area contributed by atoms with Gasteiger partial charge in [-0.3, -0.25) is 0 Å². The van der Waals surface area contributed by atoms with Crippen LogP contribution in [0.4, 0.5) is 0 Å². The Kier molecular flexibility index (Phi) is 72.7. The van der Waals surface area contributed by atoms with Crippen molar-refractivity contribution in [1.29, 1.82) is 0 Å². The fourth-order valence-corrected chi connectivity index (χ4v) is 0. The number of hydrogen-bond donors (Lipinski definition) is 1. The SMILES string of the molecule is C.CCN(C)C.CN(C)C.CO.COC. The standard InChI is InChI=1S/C4H11N.C3H9N.C2H6O.CH4O.CH4/c1-4-5(2)3;1-4(2)3;1-3-2;1-2;/h4H2,1-3H3;1-3H3;1-2H3;2H,1H3;1H4. The van der Waals surface area contributed by atoms with E-state index in [1.165, 1.54) is 0 Å². The molecule has 0 aliphatic carbocycles. The number of methoxy groups -OCH3 is 1. The van der Waals surface area contributed by atoms with Crippen molar-refractivity contribution in [3.8, 4) is 0 Å². The van der Waals surface area contributed by atoms with Crippen LogP contribution in [-0.2, 0) is 4.74 Å². The number of aliphatic hydroxyl groups is 1. The van der Waals surface area contributed by atoms with Gasteiger partial charge < -0.3 is 19.6 Å². The summed E-state index contributed by atoms with van der Waals surface area (Å²) in [7, 11) is 14.4. The third kappa shape index (κ3) is 573. The molecule has 0 unspecified atom stereocenters. The lowest BCUT2D eigenvalue weighted by atomic mass is 10.7. The van der Waals surface area contributed by atoms with E-state index >= 15 is 0 Å². The van der Waals surface area contributed by atoms with Crippen LogP contribution in [0.3, 0.4) is 0 Å². The summed E-state index contributed by atoms with van der Waals surface area (Å²) in [6.07, 6.45) is 0. The van der Waals surface area contributed by atoms with Gasteiger partial charge in [0.2, 0.25) is 0 Å². The molecule has 1 N–H and O–H groups in total. The molecule has 4 heteroatoms. The van der Waals surface area contributed by atoms with Crippen LogP contribution in [0.1, 0.15) is 14.4 Å². The summed E-state index contributed by atoms with van der Waals surface area (Å²) in [5.74, 6) is 0. The summed E-state index contributed by atoms with van der Waals surface area (Å²) in [4.78, 5) is 4.12. The van der Waals surface area contributed by atoms with Gasteiger partial charge in [-0.05, 0) is 41.8 Å². The molecule has 0 saturated carbocycles. The lowest BCUT2D eigenvalue weighted by Crippen LogP contribution is -2.08. The number of nitrogens with zero attached hydrogens (tertiary/aromatic N) is 2. The molecule has 0 atom stereocenters. The lowest BCUT2D eigenvalue weighted by Gasteiger charge is -2.00. The molecule has 0 spiro atoms. The second-order valence-electron chi connectivity index (χ2n) is 3.15. The van der Waals surface area contributed by atoms with E-state index in [-0.39, 0.29) is 7.43 Å². The van der Waals surface area contributed by atoms with Gasteiger partial charge in [0.05, 0.1) is 0 Å². The molecule has 0 aliphatic rings. The maximum absolute atomic E-state index is 7.00. The van der Waals surface area contributed by atoms with E-state index in [2.05, 4.69) is 30.7 Å². The van der Waals surface area contributed by atoms with Crippen molar-refractivity contribution >= 4 is 0 Å². The fourth-order valence-electron chi connectivity index (χ4n) is 0. The van der Waals surface area contributed by atoms with Gasteiger partial charge in [0.15, 0.2) is 0 Å². The molecule has 0 amide bonds. The zero-order chi connectivity index (χ0) is 12.6. The van der Waals surface area contributed by atoms with Gasteiger partial charge in [0, 0.05) is 21.3 Å². The molecule has 4 nitrogen and oxygen atoms in total. The van der Waals surface area contributed by atoms with Crippen LogP contribution < -0.4 is 0 Å². The van der Waals surface area contributed by atoms with E-state index < -0.39 is 0 Å². The molecule has 0 aliphatic heterocycles. The molecular weight excluding hydrogens is 192 g/mol. The third-order valence-corrected chi connectivity index (χ3v) is 0.632. The van der Waals surface area contributed by atoms with Crippen LogP contribution in [0.15, 0.2) is 0 Å². The summed E-state index contributed by atoms with van der Waals surface area (Å²) >= 11 is 0. The first-order valence-electron chi connectivity index (χ1n) is 4.52. The predicted molar refractivity (Wildman–Crippen MR) is 71.6 cm³/mol. The lowest BCUT2D eigenvalue weighted by molar-refractivity contribution is 0.277. The van der Waals surface area contributed by atoms with Gasteiger partial charge in [0.1, 0.15) is 0 Å². The second kappa shape index (κ2) is 37.1. The Morgan fingerprint density at radius 1 is 0.933 bits per heavy atom. The Hall–Kier alpha value is -0.160. The highest BCUT2D eigenvalue weighted by molar-refractivity contribution is 4.25. The molecule has 0 bridgehead atoms. The number of ether oxygens (including phenoxy) is 1. The summed E-state index contributed by atoms with van der Waals surface area (Å²) < 4.78 is 4.25. The smallest absolute Gasteiger partial charge is 0.0351 e. The quantitative estimate of drug-likeness (QED) is 0.730. The van der Waals surface area contributed by atoms with E-state index in [1.54, 1.807) is 14.2 Å². The van der Waals surface area contributed by atoms with Crippen LogP contribution in [0.25, 0.3) is 0 Å². The highest BCUT2D eigenvalue weighted by Gasteiger charge is 1.72. The Balaban J connectivity index is -0.0000000305. The molecule has 0 saturated heterocycles. The van der Waals surface area contributed by atoms with Gasteiger partial charge in [0.25, 0.3) is 0 Å². The van der Waals surface area contributed by atoms with E-state index in [4.69, 9.17) is 5.11 Å². The summed E-state index contributed by atoms with van der Waals surface area (Å²) in [5, 5.41) is 7.00. The predicted octanol–water partition coefficient (Wildman–Crippen LogP) is 1.25. The Bertz CT molecular complexity index is 57.8. The topological polar surface area (TPSA) is 35.9 Å². The van der Waals surface area contributed by atoms with Crippen molar-refractivity contribution in [3.05, 3.63) is 0 Å². The molecular formula is C11H34N2O2. The average molecular weight is 226 g/mol. The van der Waals surface area contributed by atoms with Crippen molar-refractivity contribution < 1.29 is 9.84 Å². The monoisotopic (exact) mass is 226 g/mol. The van der Waals surface area contributed by atoms with Crippen molar-refractivity contribution in [2.24, 2.45) is 0 Å².